The van der Waals surface area contributed by atoms with Gasteiger partial charge in [0.1, 0.15) is 23.0 Å². The molecule has 3 rings (SSSR count). The lowest BCUT2D eigenvalue weighted by atomic mass is 9.94. The average molecular weight is 488 g/mol. The summed E-state index contributed by atoms with van der Waals surface area (Å²) >= 11 is 6.29. The number of aliphatic hydroxyl groups excluding tert-OH is 1. The molecule has 34 heavy (non-hydrogen) atoms. The van der Waals surface area contributed by atoms with E-state index in [2.05, 4.69) is 0 Å². The first-order chi connectivity index (χ1) is 16.2. The molecule has 182 valence electrons. The Labute approximate surface area is 204 Å². The second-order valence-corrected chi connectivity index (χ2v) is 8.68. The number of unbranched alkanes of at least 4 members (excludes halogenated alkanes) is 1. The Morgan fingerprint density at radius 1 is 1.09 bits per heavy atom. The lowest BCUT2D eigenvalue weighted by molar-refractivity contribution is -0.139. The fourth-order valence-electron chi connectivity index (χ4n) is 3.98. The van der Waals surface area contributed by atoms with Gasteiger partial charge in [0, 0.05) is 12.6 Å². The van der Waals surface area contributed by atoms with Gasteiger partial charge in [-0.15, -0.1) is 0 Å². The predicted molar refractivity (Wildman–Crippen MR) is 131 cm³/mol. The second kappa shape index (κ2) is 10.8. The number of benzene rings is 2. The maximum absolute atomic E-state index is 13.2. The minimum Gasteiger partial charge on any atom is -0.507 e. The number of Topliss-reactive ketones (excluding diaryl/α,β-unsaturated/α-hetero) is 1. The molecule has 1 unspecified atom stereocenters. The Balaban J connectivity index is 2.18. The Morgan fingerprint density at radius 2 is 1.74 bits per heavy atom. The van der Waals surface area contributed by atoms with Crippen LogP contribution in [0.3, 0.4) is 0 Å². The van der Waals surface area contributed by atoms with Gasteiger partial charge in [0.25, 0.3) is 11.7 Å². The van der Waals surface area contributed by atoms with Gasteiger partial charge in [-0.05, 0) is 44.0 Å². The van der Waals surface area contributed by atoms with E-state index in [4.69, 9.17) is 25.8 Å². The molecule has 8 heteroatoms. The molecule has 0 saturated carbocycles. The summed E-state index contributed by atoms with van der Waals surface area (Å²) in [6, 6.07) is 9.42. The second-order valence-electron chi connectivity index (χ2n) is 8.27. The van der Waals surface area contributed by atoms with E-state index in [1.54, 1.807) is 24.3 Å². The molecule has 1 aliphatic heterocycles. The van der Waals surface area contributed by atoms with Gasteiger partial charge in [-0.1, -0.05) is 37.1 Å². The topological polar surface area (TPSA) is 85.3 Å². The highest BCUT2D eigenvalue weighted by Gasteiger charge is 2.46. The lowest BCUT2D eigenvalue weighted by Crippen LogP contribution is -2.30. The van der Waals surface area contributed by atoms with Crippen molar-refractivity contribution in [3.8, 4) is 17.2 Å². The van der Waals surface area contributed by atoms with Gasteiger partial charge in [-0.3, -0.25) is 9.59 Å². The number of methoxy groups -OCH3 is 2. The van der Waals surface area contributed by atoms with Crippen molar-refractivity contribution < 1.29 is 28.9 Å². The first kappa shape index (κ1) is 25.4. The SMILES string of the molecule is CCCCN1C(=O)C(=O)/C(=C(/O)c2cc(Cl)c(OC)cc2OC)C1c1ccc(OC(C)C)cc1. The number of ether oxygens (including phenoxy) is 3. The van der Waals surface area contributed by atoms with E-state index in [9.17, 15) is 14.7 Å². The molecule has 0 spiro atoms. The van der Waals surface area contributed by atoms with Gasteiger partial charge in [-0.2, -0.15) is 0 Å². The minimum atomic E-state index is -0.759. The number of likely N-dealkylation sites (tertiary alicyclic amines) is 1. The number of amides is 1. The summed E-state index contributed by atoms with van der Waals surface area (Å²) in [6.07, 6.45) is 1.57. The molecule has 0 aliphatic carbocycles. The third-order valence-electron chi connectivity index (χ3n) is 5.59. The molecule has 1 atom stereocenters. The van der Waals surface area contributed by atoms with Crippen molar-refractivity contribution in [3.05, 3.63) is 58.1 Å². The zero-order chi connectivity index (χ0) is 25.0. The van der Waals surface area contributed by atoms with E-state index in [1.165, 1.54) is 31.3 Å². The molecule has 1 saturated heterocycles. The lowest BCUT2D eigenvalue weighted by Gasteiger charge is -2.25. The Bertz CT molecular complexity index is 1090. The molecule has 1 amide bonds. The molecule has 0 radical (unpaired) electrons. The normalized spacial score (nSPS) is 17.4. The summed E-state index contributed by atoms with van der Waals surface area (Å²) in [5.41, 5.74) is 0.872. The monoisotopic (exact) mass is 487 g/mol. The number of carbonyl (C=O) groups is 2. The Kier molecular flexibility index (Phi) is 8.10. The van der Waals surface area contributed by atoms with Gasteiger partial charge in [0.15, 0.2) is 0 Å². The number of hydrogen-bond acceptors (Lipinski definition) is 6. The van der Waals surface area contributed by atoms with Crippen LogP contribution >= 0.6 is 11.6 Å². The van der Waals surface area contributed by atoms with Gasteiger partial charge in [-0.25, -0.2) is 0 Å². The molecule has 1 aliphatic rings. The summed E-state index contributed by atoms with van der Waals surface area (Å²) in [6.45, 7) is 6.25. The molecule has 1 N–H and O–H groups in total. The van der Waals surface area contributed by atoms with Crippen molar-refractivity contribution in [1.29, 1.82) is 0 Å². The molecule has 1 heterocycles. The number of halogens is 1. The standard InChI is InChI=1S/C26H30ClNO6/c1-6-7-12-28-23(16-8-10-17(11-9-16)34-15(2)3)22(25(30)26(28)31)24(29)18-13-19(27)21(33-5)14-20(18)32-4/h8-11,13-15,23,29H,6-7,12H2,1-5H3/b24-22+. The Hall–Kier alpha value is -3.19. The van der Waals surface area contributed by atoms with Crippen LogP contribution in [0.5, 0.6) is 17.2 Å². The number of carbonyl (C=O) groups excluding carboxylic acids is 2. The highest BCUT2D eigenvalue weighted by Crippen LogP contribution is 2.43. The first-order valence-corrected chi connectivity index (χ1v) is 11.6. The summed E-state index contributed by atoms with van der Waals surface area (Å²) in [4.78, 5) is 27.7. The van der Waals surface area contributed by atoms with E-state index in [0.717, 1.165) is 12.8 Å². The average Bonchev–Trinajstić information content (AvgIpc) is 3.07. The van der Waals surface area contributed by atoms with Crippen LogP contribution in [0.15, 0.2) is 42.0 Å². The molecule has 1 fully saturated rings. The molecule has 2 aromatic rings. The van der Waals surface area contributed by atoms with Crippen LogP contribution in [0.2, 0.25) is 5.02 Å². The van der Waals surface area contributed by atoms with E-state index < -0.39 is 17.7 Å². The quantitative estimate of drug-likeness (QED) is 0.291. The number of aliphatic hydroxyl groups is 1. The van der Waals surface area contributed by atoms with Crippen LogP contribution in [0.4, 0.5) is 0 Å². The highest BCUT2D eigenvalue weighted by atomic mass is 35.5. The summed E-state index contributed by atoms with van der Waals surface area (Å²) in [5.74, 6) is -0.469. The van der Waals surface area contributed by atoms with Crippen LogP contribution in [0.25, 0.3) is 5.76 Å². The molecule has 7 nitrogen and oxygen atoms in total. The van der Waals surface area contributed by atoms with Crippen molar-refractivity contribution >= 4 is 29.1 Å². The van der Waals surface area contributed by atoms with Crippen molar-refractivity contribution in [2.75, 3.05) is 20.8 Å². The Morgan fingerprint density at radius 3 is 2.29 bits per heavy atom. The maximum Gasteiger partial charge on any atom is 0.295 e. The summed E-state index contributed by atoms with van der Waals surface area (Å²) in [7, 11) is 2.90. The first-order valence-electron chi connectivity index (χ1n) is 11.2. The van der Waals surface area contributed by atoms with Crippen molar-refractivity contribution in [2.24, 2.45) is 0 Å². The largest absolute Gasteiger partial charge is 0.507 e. The third kappa shape index (κ3) is 4.99. The summed E-state index contributed by atoms with van der Waals surface area (Å²) < 4.78 is 16.4. The molecular formula is C26H30ClNO6. The van der Waals surface area contributed by atoms with Crippen LogP contribution in [-0.2, 0) is 9.59 Å². The van der Waals surface area contributed by atoms with Gasteiger partial charge in [0.05, 0.1) is 42.5 Å². The molecular weight excluding hydrogens is 458 g/mol. The third-order valence-corrected chi connectivity index (χ3v) is 5.88. The fourth-order valence-corrected chi connectivity index (χ4v) is 4.22. The van der Waals surface area contributed by atoms with Gasteiger partial charge < -0.3 is 24.2 Å². The zero-order valence-electron chi connectivity index (χ0n) is 20.1. The van der Waals surface area contributed by atoms with Crippen LogP contribution < -0.4 is 14.2 Å². The highest BCUT2D eigenvalue weighted by molar-refractivity contribution is 6.46. The van der Waals surface area contributed by atoms with Crippen LogP contribution in [0.1, 0.15) is 50.8 Å². The molecule has 0 aromatic heterocycles. The summed E-state index contributed by atoms with van der Waals surface area (Å²) in [5, 5.41) is 11.6. The predicted octanol–water partition coefficient (Wildman–Crippen LogP) is 5.37. The van der Waals surface area contributed by atoms with E-state index in [-0.39, 0.29) is 33.8 Å². The van der Waals surface area contributed by atoms with Crippen molar-refractivity contribution in [1.82, 2.24) is 4.90 Å². The smallest absolute Gasteiger partial charge is 0.295 e. The number of rotatable bonds is 9. The molecule has 0 bridgehead atoms. The van der Waals surface area contributed by atoms with Crippen LogP contribution in [-0.4, -0.2) is 48.6 Å². The number of ketones is 1. The van der Waals surface area contributed by atoms with Gasteiger partial charge in [0.2, 0.25) is 0 Å². The van der Waals surface area contributed by atoms with E-state index in [0.29, 0.717) is 23.6 Å². The maximum atomic E-state index is 13.2. The van der Waals surface area contributed by atoms with Crippen molar-refractivity contribution in [3.63, 3.8) is 0 Å². The van der Waals surface area contributed by atoms with E-state index >= 15 is 0 Å². The zero-order valence-corrected chi connectivity index (χ0v) is 20.8. The number of hydrogen-bond donors (Lipinski definition) is 1. The van der Waals surface area contributed by atoms with Crippen LogP contribution in [0, 0.1) is 0 Å². The van der Waals surface area contributed by atoms with E-state index in [1.807, 2.05) is 20.8 Å². The van der Waals surface area contributed by atoms with Gasteiger partial charge >= 0.3 is 0 Å². The minimum absolute atomic E-state index is 0.00771. The molecule has 2 aromatic carbocycles. The number of nitrogens with zero attached hydrogens (tertiary/aromatic N) is 1. The fraction of sp³-hybridized carbons (Fsp3) is 0.385. The van der Waals surface area contributed by atoms with Crippen molar-refractivity contribution in [2.45, 2.75) is 45.8 Å².